The lowest BCUT2D eigenvalue weighted by Crippen LogP contribution is -2.14. The quantitative estimate of drug-likeness (QED) is 0.351. The van der Waals surface area contributed by atoms with Crippen LogP contribution in [0.25, 0.3) is 11.3 Å². The zero-order chi connectivity index (χ0) is 21.8. The molecule has 1 aromatic carbocycles. The summed E-state index contributed by atoms with van der Waals surface area (Å²) in [5.41, 5.74) is 4.17. The fourth-order valence-electron chi connectivity index (χ4n) is 5.81. The SMILES string of the molecule is CCC1CCC(c2ccc(-c3ccc(C4CCC(CC)CC4)c([N+](=O)[O-])c3)nc2)CC1. The van der Waals surface area contributed by atoms with E-state index in [9.17, 15) is 10.1 Å². The Bertz CT molecular complexity index is 877. The molecule has 2 aliphatic carbocycles. The van der Waals surface area contributed by atoms with Crippen molar-refractivity contribution in [2.24, 2.45) is 11.8 Å². The minimum Gasteiger partial charge on any atom is -0.258 e. The van der Waals surface area contributed by atoms with Crippen molar-refractivity contribution in [2.45, 2.75) is 89.9 Å². The van der Waals surface area contributed by atoms with Crippen LogP contribution >= 0.6 is 0 Å². The van der Waals surface area contributed by atoms with Gasteiger partial charge in [0, 0.05) is 23.4 Å². The van der Waals surface area contributed by atoms with Gasteiger partial charge in [-0.3, -0.25) is 15.1 Å². The third kappa shape index (κ3) is 4.99. The number of nitrogens with zero attached hydrogens (tertiary/aromatic N) is 2. The first-order valence-corrected chi connectivity index (χ1v) is 12.3. The summed E-state index contributed by atoms with van der Waals surface area (Å²) in [6, 6.07) is 10.0. The van der Waals surface area contributed by atoms with Gasteiger partial charge in [-0.25, -0.2) is 0 Å². The van der Waals surface area contributed by atoms with Crippen molar-refractivity contribution < 1.29 is 4.92 Å². The molecular weight excluding hydrogens is 384 g/mol. The molecule has 1 heterocycles. The highest BCUT2D eigenvalue weighted by Crippen LogP contribution is 2.42. The van der Waals surface area contributed by atoms with E-state index in [-0.39, 0.29) is 10.6 Å². The summed E-state index contributed by atoms with van der Waals surface area (Å²) in [6.07, 6.45) is 14.1. The number of nitro benzene ring substituents is 1. The molecule has 0 atom stereocenters. The van der Waals surface area contributed by atoms with Gasteiger partial charge in [-0.2, -0.15) is 0 Å². The lowest BCUT2D eigenvalue weighted by molar-refractivity contribution is -0.385. The molecular formula is C27H36N2O2. The number of nitro groups is 1. The maximum atomic E-state index is 11.9. The Balaban J connectivity index is 1.51. The highest BCUT2D eigenvalue weighted by atomic mass is 16.6. The van der Waals surface area contributed by atoms with Crippen molar-refractivity contribution in [1.29, 1.82) is 0 Å². The van der Waals surface area contributed by atoms with Crippen LogP contribution in [0.3, 0.4) is 0 Å². The maximum Gasteiger partial charge on any atom is 0.273 e. The van der Waals surface area contributed by atoms with Crippen molar-refractivity contribution in [1.82, 2.24) is 4.98 Å². The molecule has 0 amide bonds. The number of pyridine rings is 1. The Labute approximate surface area is 186 Å². The molecule has 2 fully saturated rings. The van der Waals surface area contributed by atoms with E-state index < -0.39 is 0 Å². The number of hydrogen-bond donors (Lipinski definition) is 0. The smallest absolute Gasteiger partial charge is 0.258 e. The van der Waals surface area contributed by atoms with Gasteiger partial charge < -0.3 is 0 Å². The monoisotopic (exact) mass is 420 g/mol. The van der Waals surface area contributed by atoms with Gasteiger partial charge in [0.25, 0.3) is 5.69 Å². The van der Waals surface area contributed by atoms with E-state index in [4.69, 9.17) is 4.98 Å². The summed E-state index contributed by atoms with van der Waals surface area (Å²) < 4.78 is 0. The van der Waals surface area contributed by atoms with Crippen LogP contribution in [0.1, 0.15) is 101 Å². The Hall–Kier alpha value is -2.23. The van der Waals surface area contributed by atoms with Crippen molar-refractivity contribution in [2.75, 3.05) is 0 Å². The van der Waals surface area contributed by atoms with E-state index in [1.807, 2.05) is 24.4 Å². The first kappa shape index (κ1) is 22.0. The molecule has 0 spiro atoms. The van der Waals surface area contributed by atoms with Gasteiger partial charge >= 0.3 is 0 Å². The third-order valence-corrected chi connectivity index (χ3v) is 8.07. The average Bonchev–Trinajstić information content (AvgIpc) is 2.84. The van der Waals surface area contributed by atoms with E-state index in [2.05, 4.69) is 19.9 Å². The lowest BCUT2D eigenvalue weighted by Gasteiger charge is -2.28. The van der Waals surface area contributed by atoms with Gasteiger partial charge in [0.2, 0.25) is 0 Å². The summed E-state index contributed by atoms with van der Waals surface area (Å²) in [4.78, 5) is 16.4. The molecule has 0 unspecified atom stereocenters. The maximum absolute atomic E-state index is 11.9. The molecule has 0 radical (unpaired) electrons. The van der Waals surface area contributed by atoms with Crippen LogP contribution in [-0.4, -0.2) is 9.91 Å². The van der Waals surface area contributed by atoms with Crippen molar-refractivity contribution in [3.63, 3.8) is 0 Å². The van der Waals surface area contributed by atoms with Gasteiger partial charge in [0.1, 0.15) is 0 Å². The minimum absolute atomic E-state index is 0.203. The average molecular weight is 421 g/mol. The summed E-state index contributed by atoms with van der Waals surface area (Å²) >= 11 is 0. The Morgan fingerprint density at radius 1 is 0.871 bits per heavy atom. The predicted octanol–water partition coefficient (Wildman–Crippen LogP) is 8.02. The molecule has 1 aromatic heterocycles. The fraction of sp³-hybridized carbons (Fsp3) is 0.593. The molecule has 2 saturated carbocycles. The minimum atomic E-state index is -0.203. The molecule has 4 nitrogen and oxygen atoms in total. The second-order valence-corrected chi connectivity index (χ2v) is 9.76. The number of rotatable bonds is 6. The Kier molecular flexibility index (Phi) is 7.04. The first-order chi connectivity index (χ1) is 15.1. The van der Waals surface area contributed by atoms with E-state index >= 15 is 0 Å². The van der Waals surface area contributed by atoms with E-state index in [0.717, 1.165) is 41.5 Å². The van der Waals surface area contributed by atoms with Gasteiger partial charge in [-0.15, -0.1) is 0 Å². The van der Waals surface area contributed by atoms with Crippen LogP contribution in [0.4, 0.5) is 5.69 Å². The van der Waals surface area contributed by atoms with Crippen molar-refractivity contribution >= 4 is 5.69 Å². The van der Waals surface area contributed by atoms with E-state index in [1.165, 1.54) is 56.9 Å². The normalized spacial score (nSPS) is 26.5. The van der Waals surface area contributed by atoms with E-state index in [0.29, 0.717) is 11.8 Å². The number of benzene rings is 1. The Morgan fingerprint density at radius 2 is 1.48 bits per heavy atom. The van der Waals surface area contributed by atoms with Crippen molar-refractivity contribution in [3.05, 3.63) is 57.8 Å². The second-order valence-electron chi connectivity index (χ2n) is 9.76. The number of hydrogen-bond acceptors (Lipinski definition) is 3. The van der Waals surface area contributed by atoms with Gasteiger partial charge in [-0.1, -0.05) is 44.9 Å². The summed E-state index contributed by atoms with van der Waals surface area (Å²) in [5.74, 6) is 2.60. The molecule has 0 aliphatic heterocycles. The lowest BCUT2D eigenvalue weighted by atomic mass is 9.77. The predicted molar refractivity (Wildman–Crippen MR) is 126 cm³/mol. The molecule has 4 heteroatoms. The molecule has 31 heavy (non-hydrogen) atoms. The molecule has 0 N–H and O–H groups in total. The Morgan fingerprint density at radius 3 is 2.00 bits per heavy atom. The van der Waals surface area contributed by atoms with Gasteiger partial charge in [0.15, 0.2) is 0 Å². The number of aromatic nitrogens is 1. The van der Waals surface area contributed by atoms with Gasteiger partial charge in [0.05, 0.1) is 10.6 Å². The molecule has 2 aromatic rings. The second kappa shape index (κ2) is 9.93. The van der Waals surface area contributed by atoms with Crippen LogP contribution in [0.5, 0.6) is 0 Å². The summed E-state index contributed by atoms with van der Waals surface area (Å²) in [5, 5.41) is 11.9. The molecule has 166 valence electrons. The van der Waals surface area contributed by atoms with Crippen LogP contribution in [0.2, 0.25) is 0 Å². The van der Waals surface area contributed by atoms with Crippen LogP contribution in [0.15, 0.2) is 36.5 Å². The van der Waals surface area contributed by atoms with Crippen LogP contribution < -0.4 is 0 Å². The third-order valence-electron chi connectivity index (χ3n) is 8.07. The summed E-state index contributed by atoms with van der Waals surface area (Å²) in [7, 11) is 0. The highest BCUT2D eigenvalue weighted by Gasteiger charge is 2.27. The largest absolute Gasteiger partial charge is 0.273 e. The van der Waals surface area contributed by atoms with Crippen molar-refractivity contribution in [3.8, 4) is 11.3 Å². The zero-order valence-electron chi connectivity index (χ0n) is 19.1. The van der Waals surface area contributed by atoms with Crippen LogP contribution in [0, 0.1) is 22.0 Å². The topological polar surface area (TPSA) is 56.0 Å². The molecule has 4 rings (SSSR count). The highest BCUT2D eigenvalue weighted by molar-refractivity contribution is 5.65. The van der Waals surface area contributed by atoms with Gasteiger partial charge in [-0.05, 0) is 86.7 Å². The zero-order valence-corrected chi connectivity index (χ0v) is 19.1. The fourth-order valence-corrected chi connectivity index (χ4v) is 5.81. The molecule has 2 aliphatic rings. The summed E-state index contributed by atoms with van der Waals surface area (Å²) in [6.45, 7) is 4.54. The van der Waals surface area contributed by atoms with Crippen LogP contribution in [-0.2, 0) is 0 Å². The molecule has 0 bridgehead atoms. The standard InChI is InChI=1S/C27H36N2O2/c1-3-19-5-9-21(10-6-19)24-14-16-26(28-18-24)23-13-15-25(27(17-23)29(30)31)22-11-7-20(4-2)8-12-22/h13-22H,3-12H2,1-2H3. The first-order valence-electron chi connectivity index (χ1n) is 12.3. The molecule has 0 saturated heterocycles. The van der Waals surface area contributed by atoms with E-state index in [1.54, 1.807) is 6.07 Å².